The standard InChI is InChI=1S/C22H37N5O2.HI/c1-4-24-22(27-13-9-18(10-14-27)15-21(28)23-3)25-16-19(26-11-5-6-12-26)20-8-7-17(2)29-20;/h7-8,18-19H,4-6,9-16H2,1-3H3,(H,23,28)(H,24,25);1H. The van der Waals surface area contributed by atoms with Gasteiger partial charge in [-0.15, -0.1) is 24.0 Å². The quantitative estimate of drug-likeness (QED) is 0.322. The summed E-state index contributed by atoms with van der Waals surface area (Å²) in [5.74, 6) is 3.58. The number of piperidine rings is 1. The van der Waals surface area contributed by atoms with Crippen LogP contribution in [0.3, 0.4) is 0 Å². The molecule has 30 heavy (non-hydrogen) atoms. The SMILES string of the molecule is CCNC(=NCC(c1ccc(C)o1)N1CCCC1)N1CCC(CC(=O)NC)CC1.I. The van der Waals surface area contributed by atoms with E-state index in [0.29, 0.717) is 18.9 Å². The highest BCUT2D eigenvalue weighted by Crippen LogP contribution is 2.27. The fraction of sp³-hybridized carbons (Fsp3) is 0.727. The molecular weight excluding hydrogens is 493 g/mol. The third-order valence-electron chi connectivity index (χ3n) is 6.09. The number of hydrogen-bond donors (Lipinski definition) is 2. The number of carbonyl (C=O) groups is 1. The summed E-state index contributed by atoms with van der Waals surface area (Å²) in [6.07, 6.45) is 5.19. The fourth-order valence-electron chi connectivity index (χ4n) is 4.38. The minimum Gasteiger partial charge on any atom is -0.465 e. The lowest BCUT2D eigenvalue weighted by Crippen LogP contribution is -2.46. The van der Waals surface area contributed by atoms with Crippen molar-refractivity contribution < 1.29 is 9.21 Å². The first kappa shape index (κ1) is 25.0. The van der Waals surface area contributed by atoms with Crippen LogP contribution < -0.4 is 10.6 Å². The minimum absolute atomic E-state index is 0. The monoisotopic (exact) mass is 531 g/mol. The Kier molecular flexibility index (Phi) is 10.4. The molecule has 0 radical (unpaired) electrons. The van der Waals surface area contributed by atoms with E-state index in [0.717, 1.165) is 63.0 Å². The van der Waals surface area contributed by atoms with Crippen molar-refractivity contribution >= 4 is 35.8 Å². The fourth-order valence-corrected chi connectivity index (χ4v) is 4.38. The van der Waals surface area contributed by atoms with Crippen molar-refractivity contribution in [2.24, 2.45) is 10.9 Å². The summed E-state index contributed by atoms with van der Waals surface area (Å²) in [5, 5.41) is 6.21. The average Bonchev–Trinajstić information content (AvgIpc) is 3.40. The van der Waals surface area contributed by atoms with Gasteiger partial charge in [0.15, 0.2) is 5.96 Å². The van der Waals surface area contributed by atoms with Crippen molar-refractivity contribution in [2.45, 2.75) is 52.0 Å². The van der Waals surface area contributed by atoms with Crippen LogP contribution in [0.1, 0.15) is 56.6 Å². The maximum Gasteiger partial charge on any atom is 0.220 e. The summed E-state index contributed by atoms with van der Waals surface area (Å²) in [6.45, 7) is 9.79. The molecule has 170 valence electrons. The molecule has 1 unspecified atom stereocenters. The first-order valence-electron chi connectivity index (χ1n) is 11.1. The maximum atomic E-state index is 11.7. The summed E-state index contributed by atoms with van der Waals surface area (Å²) < 4.78 is 5.97. The smallest absolute Gasteiger partial charge is 0.220 e. The number of aliphatic imine (C=N–C) groups is 1. The molecule has 0 saturated carbocycles. The molecule has 0 bridgehead atoms. The molecule has 1 aromatic rings. The van der Waals surface area contributed by atoms with E-state index in [4.69, 9.17) is 9.41 Å². The van der Waals surface area contributed by atoms with Gasteiger partial charge in [-0.3, -0.25) is 14.7 Å². The molecular formula is C22H38IN5O2. The molecule has 3 heterocycles. The Balaban J connectivity index is 0.00000320. The van der Waals surface area contributed by atoms with Crippen LogP contribution in [0, 0.1) is 12.8 Å². The predicted molar refractivity (Wildman–Crippen MR) is 131 cm³/mol. The van der Waals surface area contributed by atoms with Gasteiger partial charge in [0, 0.05) is 33.1 Å². The third kappa shape index (κ3) is 6.87. The number of guanidine groups is 1. The largest absolute Gasteiger partial charge is 0.465 e. The highest BCUT2D eigenvalue weighted by molar-refractivity contribution is 14.0. The molecule has 3 rings (SSSR count). The number of nitrogens with zero attached hydrogens (tertiary/aromatic N) is 3. The molecule has 2 aliphatic rings. The number of furan rings is 1. The molecule has 2 N–H and O–H groups in total. The average molecular weight is 531 g/mol. The highest BCUT2D eigenvalue weighted by atomic mass is 127. The van der Waals surface area contributed by atoms with Crippen LogP contribution in [0.2, 0.25) is 0 Å². The number of halogens is 1. The second kappa shape index (κ2) is 12.5. The normalized spacial score (nSPS) is 19.4. The van der Waals surface area contributed by atoms with Crippen molar-refractivity contribution in [1.82, 2.24) is 20.4 Å². The summed E-state index contributed by atoms with van der Waals surface area (Å²) in [5.41, 5.74) is 0. The van der Waals surface area contributed by atoms with Gasteiger partial charge in [-0.1, -0.05) is 0 Å². The van der Waals surface area contributed by atoms with Crippen molar-refractivity contribution in [1.29, 1.82) is 0 Å². The van der Waals surface area contributed by atoms with Crippen LogP contribution in [0.25, 0.3) is 0 Å². The molecule has 7 nitrogen and oxygen atoms in total. The van der Waals surface area contributed by atoms with E-state index in [-0.39, 0.29) is 35.9 Å². The number of nitrogens with one attached hydrogen (secondary N) is 2. The zero-order valence-corrected chi connectivity index (χ0v) is 21.0. The van der Waals surface area contributed by atoms with Gasteiger partial charge in [-0.05, 0) is 70.7 Å². The van der Waals surface area contributed by atoms with E-state index >= 15 is 0 Å². The van der Waals surface area contributed by atoms with Gasteiger partial charge in [0.05, 0.1) is 12.6 Å². The molecule has 2 aliphatic heterocycles. The van der Waals surface area contributed by atoms with Gasteiger partial charge in [0.25, 0.3) is 0 Å². The third-order valence-corrected chi connectivity index (χ3v) is 6.09. The molecule has 2 saturated heterocycles. The number of aryl methyl sites for hydroxylation is 1. The van der Waals surface area contributed by atoms with Gasteiger partial charge in [-0.2, -0.15) is 0 Å². The first-order valence-corrected chi connectivity index (χ1v) is 11.1. The topological polar surface area (TPSA) is 73.1 Å². The van der Waals surface area contributed by atoms with E-state index < -0.39 is 0 Å². The Hall–Kier alpha value is -1.29. The lowest BCUT2D eigenvalue weighted by Gasteiger charge is -2.34. The first-order chi connectivity index (χ1) is 14.1. The van der Waals surface area contributed by atoms with Crippen molar-refractivity contribution in [3.8, 4) is 0 Å². The molecule has 2 fully saturated rings. The van der Waals surface area contributed by atoms with Gasteiger partial charge in [0.2, 0.25) is 5.91 Å². The number of likely N-dealkylation sites (tertiary alicyclic amines) is 2. The zero-order chi connectivity index (χ0) is 20.6. The van der Waals surface area contributed by atoms with E-state index in [1.165, 1.54) is 12.8 Å². The Morgan fingerprint density at radius 2 is 1.93 bits per heavy atom. The summed E-state index contributed by atoms with van der Waals surface area (Å²) in [6, 6.07) is 4.35. The van der Waals surface area contributed by atoms with Gasteiger partial charge >= 0.3 is 0 Å². The minimum atomic E-state index is 0. The molecule has 0 aromatic carbocycles. The van der Waals surface area contributed by atoms with Crippen LogP contribution in [0.5, 0.6) is 0 Å². The molecule has 1 aromatic heterocycles. The van der Waals surface area contributed by atoms with Crippen LogP contribution in [0.15, 0.2) is 21.5 Å². The van der Waals surface area contributed by atoms with Crippen LogP contribution in [-0.2, 0) is 4.79 Å². The number of amides is 1. The molecule has 0 aliphatic carbocycles. The van der Waals surface area contributed by atoms with Crippen LogP contribution in [-0.4, -0.2) is 68.0 Å². The summed E-state index contributed by atoms with van der Waals surface area (Å²) in [4.78, 5) is 21.5. The van der Waals surface area contributed by atoms with E-state index in [1.807, 2.05) is 13.0 Å². The summed E-state index contributed by atoms with van der Waals surface area (Å²) in [7, 11) is 1.71. The second-order valence-electron chi connectivity index (χ2n) is 8.21. The van der Waals surface area contributed by atoms with Crippen LogP contribution >= 0.6 is 24.0 Å². The number of hydrogen-bond acceptors (Lipinski definition) is 4. The van der Waals surface area contributed by atoms with Crippen molar-refractivity contribution in [2.75, 3.05) is 46.3 Å². The Labute approximate surface area is 198 Å². The lowest BCUT2D eigenvalue weighted by atomic mass is 9.93. The molecule has 1 atom stereocenters. The second-order valence-corrected chi connectivity index (χ2v) is 8.21. The molecule has 0 spiro atoms. The maximum absolute atomic E-state index is 11.7. The number of carbonyl (C=O) groups excluding carboxylic acids is 1. The number of rotatable bonds is 7. The van der Waals surface area contributed by atoms with Gasteiger partial charge in [-0.25, -0.2) is 0 Å². The van der Waals surface area contributed by atoms with Gasteiger partial charge < -0.3 is 20.0 Å². The highest BCUT2D eigenvalue weighted by Gasteiger charge is 2.27. The Morgan fingerprint density at radius 1 is 1.23 bits per heavy atom. The van der Waals surface area contributed by atoms with E-state index in [1.54, 1.807) is 7.05 Å². The van der Waals surface area contributed by atoms with Crippen molar-refractivity contribution in [3.05, 3.63) is 23.7 Å². The van der Waals surface area contributed by atoms with Gasteiger partial charge in [0.1, 0.15) is 11.5 Å². The Morgan fingerprint density at radius 3 is 2.50 bits per heavy atom. The molecule has 8 heteroatoms. The Bertz CT molecular complexity index is 679. The van der Waals surface area contributed by atoms with E-state index in [2.05, 4.69) is 33.4 Å². The lowest BCUT2D eigenvalue weighted by molar-refractivity contribution is -0.121. The zero-order valence-electron chi connectivity index (χ0n) is 18.7. The van der Waals surface area contributed by atoms with E-state index in [9.17, 15) is 4.79 Å². The van der Waals surface area contributed by atoms with Crippen LogP contribution in [0.4, 0.5) is 0 Å². The van der Waals surface area contributed by atoms with Crippen molar-refractivity contribution in [3.63, 3.8) is 0 Å². The summed E-state index contributed by atoms with van der Waals surface area (Å²) >= 11 is 0. The molecule has 1 amide bonds. The predicted octanol–water partition coefficient (Wildman–Crippen LogP) is 3.16.